The van der Waals surface area contributed by atoms with E-state index in [2.05, 4.69) is 5.32 Å². The standard InChI is InChI=1S/C18H18Cl2N2O3/c1-3-25-14-9-7-13(8-10-14)22(12(2)23)11-17(24)21-16-6-4-5-15(19)18(16)20/h4-10H,3,11H2,1-2H3,(H,21,24). The predicted molar refractivity (Wildman–Crippen MR) is 101 cm³/mol. The van der Waals surface area contributed by atoms with Crippen molar-refractivity contribution in [3.05, 3.63) is 52.5 Å². The lowest BCUT2D eigenvalue weighted by molar-refractivity contribution is -0.120. The molecule has 0 aliphatic rings. The summed E-state index contributed by atoms with van der Waals surface area (Å²) in [7, 11) is 0. The van der Waals surface area contributed by atoms with Crippen molar-refractivity contribution in [3.63, 3.8) is 0 Å². The Bertz CT molecular complexity index is 763. The number of anilines is 2. The van der Waals surface area contributed by atoms with Crippen LogP contribution in [0.4, 0.5) is 11.4 Å². The van der Waals surface area contributed by atoms with E-state index in [4.69, 9.17) is 27.9 Å². The van der Waals surface area contributed by atoms with Crippen LogP contribution in [0.1, 0.15) is 13.8 Å². The highest BCUT2D eigenvalue weighted by molar-refractivity contribution is 6.44. The molecule has 0 spiro atoms. The van der Waals surface area contributed by atoms with E-state index in [1.807, 2.05) is 6.92 Å². The average molecular weight is 381 g/mol. The van der Waals surface area contributed by atoms with Crippen molar-refractivity contribution >= 4 is 46.4 Å². The molecule has 0 bridgehead atoms. The van der Waals surface area contributed by atoms with E-state index < -0.39 is 0 Å². The maximum Gasteiger partial charge on any atom is 0.244 e. The van der Waals surface area contributed by atoms with Crippen molar-refractivity contribution in [1.82, 2.24) is 0 Å². The van der Waals surface area contributed by atoms with Crippen LogP contribution in [0.2, 0.25) is 10.0 Å². The highest BCUT2D eigenvalue weighted by Gasteiger charge is 2.17. The lowest BCUT2D eigenvalue weighted by Crippen LogP contribution is -2.36. The normalized spacial score (nSPS) is 10.2. The fourth-order valence-corrected chi connectivity index (χ4v) is 2.55. The number of halogens is 2. The maximum absolute atomic E-state index is 12.3. The first-order valence-corrected chi connectivity index (χ1v) is 8.42. The number of benzene rings is 2. The monoisotopic (exact) mass is 380 g/mol. The molecule has 1 N–H and O–H groups in total. The summed E-state index contributed by atoms with van der Waals surface area (Å²) in [5.74, 6) is 0.0645. The molecule has 2 amide bonds. The smallest absolute Gasteiger partial charge is 0.244 e. The average Bonchev–Trinajstić information content (AvgIpc) is 2.58. The molecule has 0 aromatic heterocycles. The molecule has 7 heteroatoms. The van der Waals surface area contributed by atoms with E-state index in [9.17, 15) is 9.59 Å². The summed E-state index contributed by atoms with van der Waals surface area (Å²) in [4.78, 5) is 25.6. The Hall–Kier alpha value is -2.24. The zero-order valence-electron chi connectivity index (χ0n) is 13.9. The maximum atomic E-state index is 12.3. The summed E-state index contributed by atoms with van der Waals surface area (Å²) in [6.45, 7) is 3.70. The van der Waals surface area contributed by atoms with Crippen LogP contribution in [0.25, 0.3) is 0 Å². The fraction of sp³-hybridized carbons (Fsp3) is 0.222. The van der Waals surface area contributed by atoms with Gasteiger partial charge in [-0.15, -0.1) is 0 Å². The Morgan fingerprint density at radius 2 is 1.80 bits per heavy atom. The summed E-state index contributed by atoms with van der Waals surface area (Å²) in [6.07, 6.45) is 0. The number of rotatable bonds is 6. The van der Waals surface area contributed by atoms with E-state index >= 15 is 0 Å². The van der Waals surface area contributed by atoms with Gasteiger partial charge in [0, 0.05) is 12.6 Å². The van der Waals surface area contributed by atoms with Gasteiger partial charge in [0.05, 0.1) is 22.3 Å². The van der Waals surface area contributed by atoms with Gasteiger partial charge in [0.1, 0.15) is 12.3 Å². The fourth-order valence-electron chi connectivity index (χ4n) is 2.21. The Morgan fingerprint density at radius 1 is 1.12 bits per heavy atom. The van der Waals surface area contributed by atoms with Crippen LogP contribution in [0.5, 0.6) is 5.75 Å². The van der Waals surface area contributed by atoms with Gasteiger partial charge < -0.3 is 15.0 Å². The van der Waals surface area contributed by atoms with Crippen molar-refractivity contribution in [1.29, 1.82) is 0 Å². The number of carbonyl (C=O) groups is 2. The van der Waals surface area contributed by atoms with Crippen LogP contribution < -0.4 is 15.0 Å². The SMILES string of the molecule is CCOc1ccc(N(CC(=O)Nc2cccc(Cl)c2Cl)C(C)=O)cc1. The van der Waals surface area contributed by atoms with Crippen LogP contribution >= 0.6 is 23.2 Å². The summed E-state index contributed by atoms with van der Waals surface area (Å²) in [6, 6.07) is 11.9. The lowest BCUT2D eigenvalue weighted by Gasteiger charge is -2.21. The van der Waals surface area contributed by atoms with Gasteiger partial charge in [0.25, 0.3) is 0 Å². The van der Waals surface area contributed by atoms with Crippen LogP contribution in [0.15, 0.2) is 42.5 Å². The van der Waals surface area contributed by atoms with Gasteiger partial charge in [0.15, 0.2) is 0 Å². The largest absolute Gasteiger partial charge is 0.494 e. The molecule has 0 atom stereocenters. The molecule has 5 nitrogen and oxygen atoms in total. The highest BCUT2D eigenvalue weighted by atomic mass is 35.5. The minimum atomic E-state index is -0.381. The molecular weight excluding hydrogens is 363 g/mol. The van der Waals surface area contributed by atoms with Gasteiger partial charge in [-0.05, 0) is 43.3 Å². The molecule has 0 radical (unpaired) electrons. The topological polar surface area (TPSA) is 58.6 Å². The number of amides is 2. The first-order valence-electron chi connectivity index (χ1n) is 7.67. The molecule has 0 unspecified atom stereocenters. The van der Waals surface area contributed by atoms with Crippen molar-refractivity contribution < 1.29 is 14.3 Å². The number of hydrogen-bond acceptors (Lipinski definition) is 3. The number of nitrogens with one attached hydrogen (secondary N) is 1. The van der Waals surface area contributed by atoms with E-state index in [0.29, 0.717) is 28.8 Å². The molecule has 2 rings (SSSR count). The first kappa shape index (κ1) is 19.1. The van der Waals surface area contributed by atoms with E-state index in [0.717, 1.165) is 0 Å². The van der Waals surface area contributed by atoms with Crippen molar-refractivity contribution in [3.8, 4) is 5.75 Å². The third-order valence-corrected chi connectivity index (χ3v) is 4.19. The molecule has 0 aliphatic heterocycles. The molecule has 0 fully saturated rings. The van der Waals surface area contributed by atoms with Crippen molar-refractivity contribution in [2.75, 3.05) is 23.4 Å². The summed E-state index contributed by atoms with van der Waals surface area (Å²) < 4.78 is 5.38. The number of carbonyl (C=O) groups excluding carboxylic acids is 2. The Balaban J connectivity index is 2.11. The summed E-state index contributed by atoms with van der Waals surface area (Å²) in [5.41, 5.74) is 0.998. The van der Waals surface area contributed by atoms with Gasteiger partial charge in [-0.1, -0.05) is 29.3 Å². The highest BCUT2D eigenvalue weighted by Crippen LogP contribution is 2.29. The van der Waals surface area contributed by atoms with E-state index in [1.54, 1.807) is 42.5 Å². The molecular formula is C18H18Cl2N2O3. The second-order valence-corrected chi connectivity index (χ2v) is 5.97. The van der Waals surface area contributed by atoms with Gasteiger partial charge >= 0.3 is 0 Å². The third kappa shape index (κ3) is 5.11. The first-order chi connectivity index (χ1) is 11.9. The van der Waals surface area contributed by atoms with Crippen LogP contribution in [0, 0.1) is 0 Å². The van der Waals surface area contributed by atoms with Gasteiger partial charge in [-0.3, -0.25) is 9.59 Å². The van der Waals surface area contributed by atoms with Crippen LogP contribution in [-0.4, -0.2) is 25.0 Å². The number of ether oxygens (including phenoxy) is 1. The third-order valence-electron chi connectivity index (χ3n) is 3.37. The van der Waals surface area contributed by atoms with E-state index in [1.165, 1.54) is 11.8 Å². The molecule has 0 saturated heterocycles. The van der Waals surface area contributed by atoms with Gasteiger partial charge in [-0.25, -0.2) is 0 Å². The minimum absolute atomic E-state index is 0.147. The predicted octanol–water partition coefficient (Wildman–Crippen LogP) is 4.38. The number of nitrogens with zero attached hydrogens (tertiary/aromatic N) is 1. The minimum Gasteiger partial charge on any atom is -0.494 e. The quantitative estimate of drug-likeness (QED) is 0.808. The Labute approximate surface area is 156 Å². The van der Waals surface area contributed by atoms with Gasteiger partial charge in [-0.2, -0.15) is 0 Å². The molecule has 132 valence electrons. The molecule has 2 aromatic rings. The lowest BCUT2D eigenvalue weighted by atomic mass is 10.2. The summed E-state index contributed by atoms with van der Waals surface area (Å²) >= 11 is 12.0. The molecule has 2 aromatic carbocycles. The van der Waals surface area contributed by atoms with Crippen LogP contribution in [0.3, 0.4) is 0 Å². The molecule has 0 heterocycles. The summed E-state index contributed by atoms with van der Waals surface area (Å²) in [5, 5.41) is 3.26. The molecule has 0 saturated carbocycles. The number of hydrogen-bond donors (Lipinski definition) is 1. The molecule has 0 aliphatic carbocycles. The second kappa shape index (κ2) is 8.74. The second-order valence-electron chi connectivity index (χ2n) is 5.18. The zero-order chi connectivity index (χ0) is 18.4. The molecule has 25 heavy (non-hydrogen) atoms. The Kier molecular flexibility index (Phi) is 6.67. The zero-order valence-corrected chi connectivity index (χ0v) is 15.4. The van der Waals surface area contributed by atoms with Crippen molar-refractivity contribution in [2.24, 2.45) is 0 Å². The van der Waals surface area contributed by atoms with E-state index in [-0.39, 0.29) is 23.4 Å². The van der Waals surface area contributed by atoms with Crippen LogP contribution in [-0.2, 0) is 9.59 Å². The van der Waals surface area contributed by atoms with Crippen molar-refractivity contribution in [2.45, 2.75) is 13.8 Å². The Morgan fingerprint density at radius 3 is 2.40 bits per heavy atom. The van der Waals surface area contributed by atoms with Gasteiger partial charge in [0.2, 0.25) is 11.8 Å².